The summed E-state index contributed by atoms with van der Waals surface area (Å²) in [6, 6.07) is 19.3. The second-order valence-corrected chi connectivity index (χ2v) is 8.57. The van der Waals surface area contributed by atoms with E-state index in [-0.39, 0.29) is 11.8 Å². The largest absolute Gasteiger partial charge is 0.463 e. The lowest BCUT2D eigenvalue weighted by molar-refractivity contribution is -0.123. The van der Waals surface area contributed by atoms with Gasteiger partial charge in [-0.15, -0.1) is 0 Å². The van der Waals surface area contributed by atoms with Crippen molar-refractivity contribution in [1.29, 1.82) is 5.26 Å². The highest BCUT2D eigenvalue weighted by Gasteiger charge is 2.27. The van der Waals surface area contributed by atoms with Crippen LogP contribution in [-0.2, 0) is 4.79 Å². The van der Waals surface area contributed by atoms with E-state index in [2.05, 4.69) is 10.6 Å². The molecule has 33 heavy (non-hydrogen) atoms. The lowest BCUT2D eigenvalue weighted by atomic mass is 9.98. The van der Waals surface area contributed by atoms with Gasteiger partial charge in [0.2, 0.25) is 5.91 Å². The van der Waals surface area contributed by atoms with Crippen molar-refractivity contribution in [3.63, 3.8) is 0 Å². The molecule has 0 saturated carbocycles. The molecule has 1 heterocycles. The molecule has 6 heteroatoms. The lowest BCUT2D eigenvalue weighted by Gasteiger charge is -2.22. The average Bonchev–Trinajstić information content (AvgIpc) is 3.23. The number of hydrogen-bond acceptors (Lipinski definition) is 4. The summed E-state index contributed by atoms with van der Waals surface area (Å²) in [6.07, 6.45) is 0.439. The topological polar surface area (TPSA) is 95.1 Å². The molecular formula is C27H29N3O3. The highest BCUT2D eigenvalue weighted by molar-refractivity contribution is 5.99. The third kappa shape index (κ3) is 6.11. The predicted molar refractivity (Wildman–Crippen MR) is 127 cm³/mol. The fourth-order valence-corrected chi connectivity index (χ4v) is 3.69. The molecule has 2 amide bonds. The Labute approximate surface area is 194 Å². The fourth-order valence-electron chi connectivity index (χ4n) is 3.69. The zero-order chi connectivity index (χ0) is 24.0. The number of aryl methyl sites for hydroxylation is 2. The van der Waals surface area contributed by atoms with E-state index in [0.29, 0.717) is 23.5 Å². The summed E-state index contributed by atoms with van der Waals surface area (Å²) < 4.78 is 5.49. The second kappa shape index (κ2) is 10.6. The molecule has 0 saturated heterocycles. The SMILES string of the molecule is Cc1ccc(C(C#N)NC(=O)[C@H](CC(C)C)NC(=O)c2ccc(-c3ccccc3)cc2C)o1. The number of carbonyl (C=O) groups is 2. The van der Waals surface area contributed by atoms with E-state index < -0.39 is 18.0 Å². The van der Waals surface area contributed by atoms with Crippen molar-refractivity contribution in [3.8, 4) is 17.2 Å². The number of nitrogens with one attached hydrogen (secondary N) is 2. The van der Waals surface area contributed by atoms with Crippen molar-refractivity contribution in [2.75, 3.05) is 0 Å². The number of rotatable bonds is 8. The van der Waals surface area contributed by atoms with Crippen LogP contribution in [0.2, 0.25) is 0 Å². The molecule has 0 spiro atoms. The van der Waals surface area contributed by atoms with E-state index in [1.807, 2.05) is 69.3 Å². The Hall–Kier alpha value is -3.85. The summed E-state index contributed by atoms with van der Waals surface area (Å²) >= 11 is 0. The van der Waals surface area contributed by atoms with Crippen LogP contribution in [0.3, 0.4) is 0 Å². The average molecular weight is 444 g/mol. The Kier molecular flexibility index (Phi) is 7.68. The highest BCUT2D eigenvalue weighted by atomic mass is 16.3. The van der Waals surface area contributed by atoms with Crippen LogP contribution in [0.1, 0.15) is 53.8 Å². The molecule has 0 bridgehead atoms. The number of carbonyl (C=O) groups excluding carboxylic acids is 2. The van der Waals surface area contributed by atoms with Crippen LogP contribution in [0.25, 0.3) is 11.1 Å². The molecule has 2 atom stereocenters. The molecular weight excluding hydrogens is 414 g/mol. The predicted octanol–water partition coefficient (Wildman–Crippen LogP) is 5.09. The maximum absolute atomic E-state index is 13.1. The minimum absolute atomic E-state index is 0.161. The molecule has 0 aliphatic heterocycles. The van der Waals surface area contributed by atoms with Gasteiger partial charge in [0, 0.05) is 5.56 Å². The van der Waals surface area contributed by atoms with E-state index in [1.165, 1.54) is 0 Å². The van der Waals surface area contributed by atoms with Gasteiger partial charge in [-0.05, 0) is 61.1 Å². The minimum atomic E-state index is -0.926. The molecule has 0 fully saturated rings. The molecule has 2 N–H and O–H groups in total. The molecule has 3 rings (SSSR count). The van der Waals surface area contributed by atoms with Crippen molar-refractivity contribution in [2.45, 2.75) is 46.2 Å². The monoisotopic (exact) mass is 443 g/mol. The summed E-state index contributed by atoms with van der Waals surface area (Å²) in [6.45, 7) is 7.60. The van der Waals surface area contributed by atoms with E-state index >= 15 is 0 Å². The summed E-state index contributed by atoms with van der Waals surface area (Å²) in [5, 5.41) is 15.1. The van der Waals surface area contributed by atoms with Gasteiger partial charge in [0.15, 0.2) is 6.04 Å². The van der Waals surface area contributed by atoms with Crippen LogP contribution >= 0.6 is 0 Å². The summed E-state index contributed by atoms with van der Waals surface area (Å²) in [7, 11) is 0. The Morgan fingerprint density at radius 1 is 0.970 bits per heavy atom. The van der Waals surface area contributed by atoms with Gasteiger partial charge in [-0.25, -0.2) is 0 Å². The molecule has 1 unspecified atom stereocenters. The van der Waals surface area contributed by atoms with Gasteiger partial charge in [0.1, 0.15) is 17.6 Å². The Bertz CT molecular complexity index is 1160. The van der Waals surface area contributed by atoms with Crippen molar-refractivity contribution >= 4 is 11.8 Å². The number of hydrogen-bond donors (Lipinski definition) is 2. The summed E-state index contributed by atoms with van der Waals surface area (Å²) in [5.74, 6) is 0.437. The molecule has 6 nitrogen and oxygen atoms in total. The molecule has 0 aliphatic carbocycles. The third-order valence-electron chi connectivity index (χ3n) is 5.37. The van der Waals surface area contributed by atoms with Gasteiger partial charge < -0.3 is 15.1 Å². The van der Waals surface area contributed by atoms with E-state index in [9.17, 15) is 14.9 Å². The van der Waals surface area contributed by atoms with Crippen molar-refractivity contribution in [2.24, 2.45) is 5.92 Å². The number of nitriles is 1. The van der Waals surface area contributed by atoms with E-state index in [4.69, 9.17) is 4.42 Å². The first-order valence-corrected chi connectivity index (χ1v) is 11.0. The smallest absolute Gasteiger partial charge is 0.252 e. The first kappa shape index (κ1) is 23.8. The zero-order valence-electron chi connectivity index (χ0n) is 19.4. The molecule has 170 valence electrons. The zero-order valence-corrected chi connectivity index (χ0v) is 19.4. The first-order chi connectivity index (χ1) is 15.8. The number of amides is 2. The highest BCUT2D eigenvalue weighted by Crippen LogP contribution is 2.22. The van der Waals surface area contributed by atoms with Crippen LogP contribution in [0.4, 0.5) is 0 Å². The summed E-state index contributed by atoms with van der Waals surface area (Å²) in [5.41, 5.74) is 3.42. The fraction of sp³-hybridized carbons (Fsp3) is 0.296. The number of furan rings is 1. The Balaban J connectivity index is 1.76. The minimum Gasteiger partial charge on any atom is -0.463 e. The molecule has 0 radical (unpaired) electrons. The van der Waals surface area contributed by atoms with E-state index in [0.717, 1.165) is 16.7 Å². The van der Waals surface area contributed by atoms with Crippen LogP contribution in [0.5, 0.6) is 0 Å². The van der Waals surface area contributed by atoms with Gasteiger partial charge in [0.25, 0.3) is 5.91 Å². The van der Waals surface area contributed by atoms with Crippen LogP contribution < -0.4 is 10.6 Å². The van der Waals surface area contributed by atoms with Gasteiger partial charge in [-0.2, -0.15) is 5.26 Å². The van der Waals surface area contributed by atoms with Gasteiger partial charge >= 0.3 is 0 Å². The second-order valence-electron chi connectivity index (χ2n) is 8.57. The van der Waals surface area contributed by atoms with Gasteiger partial charge in [0.05, 0.1) is 6.07 Å². The quantitative estimate of drug-likeness (QED) is 0.507. The van der Waals surface area contributed by atoms with Crippen LogP contribution in [0, 0.1) is 31.1 Å². The number of nitrogens with zero attached hydrogens (tertiary/aromatic N) is 1. The molecule has 2 aromatic carbocycles. The van der Waals surface area contributed by atoms with Crippen molar-refractivity contribution in [1.82, 2.24) is 10.6 Å². The molecule has 3 aromatic rings. The Morgan fingerprint density at radius 3 is 2.27 bits per heavy atom. The maximum atomic E-state index is 13.1. The molecule has 0 aliphatic rings. The lowest BCUT2D eigenvalue weighted by Crippen LogP contribution is -2.48. The van der Waals surface area contributed by atoms with Gasteiger partial charge in [-0.3, -0.25) is 9.59 Å². The normalized spacial score (nSPS) is 12.6. The van der Waals surface area contributed by atoms with Crippen molar-refractivity contribution in [3.05, 3.63) is 83.3 Å². The Morgan fingerprint density at radius 2 is 1.70 bits per heavy atom. The summed E-state index contributed by atoms with van der Waals surface area (Å²) in [4.78, 5) is 26.1. The first-order valence-electron chi connectivity index (χ1n) is 11.0. The molecule has 1 aromatic heterocycles. The maximum Gasteiger partial charge on any atom is 0.252 e. The van der Waals surface area contributed by atoms with Crippen LogP contribution in [-0.4, -0.2) is 17.9 Å². The van der Waals surface area contributed by atoms with Gasteiger partial charge in [-0.1, -0.05) is 56.3 Å². The third-order valence-corrected chi connectivity index (χ3v) is 5.37. The van der Waals surface area contributed by atoms with E-state index in [1.54, 1.807) is 25.1 Å². The standard InChI is InChI=1S/C27H29N3O3/c1-17(2)14-23(27(32)30-24(16-28)25-13-10-19(4)33-25)29-26(31)22-12-11-21(15-18(22)3)20-8-6-5-7-9-20/h5-13,15,17,23-24H,14H2,1-4H3,(H,29,31)(H,30,32)/t23-,24?/m0/s1. The van der Waals surface area contributed by atoms with Crippen LogP contribution in [0.15, 0.2) is 65.1 Å². The number of benzene rings is 2. The van der Waals surface area contributed by atoms with Crippen molar-refractivity contribution < 1.29 is 14.0 Å².